The van der Waals surface area contributed by atoms with Crippen LogP contribution in [0.15, 0.2) is 24.4 Å². The number of benzene rings is 1. The van der Waals surface area contributed by atoms with Crippen LogP contribution in [-0.2, 0) is 11.8 Å². The van der Waals surface area contributed by atoms with E-state index < -0.39 is 0 Å². The van der Waals surface area contributed by atoms with Gasteiger partial charge in [-0.25, -0.2) is 4.98 Å². The normalized spacial score (nSPS) is 15.1. The highest BCUT2D eigenvalue weighted by Gasteiger charge is 2.24. The molecule has 1 aliphatic heterocycles. The van der Waals surface area contributed by atoms with Gasteiger partial charge in [-0.2, -0.15) is 5.10 Å². The number of carbonyl (C=O) groups is 1. The lowest BCUT2D eigenvalue weighted by Gasteiger charge is -2.27. The summed E-state index contributed by atoms with van der Waals surface area (Å²) in [6.45, 7) is 6.90. The minimum absolute atomic E-state index is 0.0882. The Hall–Kier alpha value is -2.00. The first-order chi connectivity index (χ1) is 14.0. The predicted molar refractivity (Wildman–Crippen MR) is 116 cm³/mol. The molecule has 1 aliphatic rings. The molecule has 0 atom stereocenters. The van der Waals surface area contributed by atoms with Crippen LogP contribution in [0.25, 0.3) is 10.2 Å². The van der Waals surface area contributed by atoms with Crippen LogP contribution in [0.2, 0.25) is 5.02 Å². The number of ether oxygens (including phenoxy) is 1. The third kappa shape index (κ3) is 4.30. The Morgan fingerprint density at radius 3 is 2.83 bits per heavy atom. The number of halogens is 1. The number of rotatable bonds is 6. The predicted octanol–water partition coefficient (Wildman–Crippen LogP) is 3.36. The standard InChI is InChI=1S/C20H24ClN5O2S/c1-14-15(21)4-5-17-18(14)23-20(29-17)26(19(27)16-6-7-22-24(16)2)9-3-8-25-10-12-28-13-11-25/h4-7H,3,8-13H2,1-2H3. The van der Waals surface area contributed by atoms with Gasteiger partial charge in [0, 0.05) is 44.4 Å². The number of morpholine rings is 1. The van der Waals surface area contributed by atoms with E-state index >= 15 is 0 Å². The summed E-state index contributed by atoms with van der Waals surface area (Å²) >= 11 is 7.79. The summed E-state index contributed by atoms with van der Waals surface area (Å²) < 4.78 is 8.05. The molecule has 0 radical (unpaired) electrons. The molecule has 0 aliphatic carbocycles. The van der Waals surface area contributed by atoms with E-state index in [2.05, 4.69) is 10.00 Å². The summed E-state index contributed by atoms with van der Waals surface area (Å²) in [6, 6.07) is 5.59. The van der Waals surface area contributed by atoms with Gasteiger partial charge in [-0.1, -0.05) is 22.9 Å². The van der Waals surface area contributed by atoms with E-state index in [1.54, 1.807) is 28.9 Å². The highest BCUT2D eigenvalue weighted by Crippen LogP contribution is 2.34. The van der Waals surface area contributed by atoms with Crippen LogP contribution in [0, 0.1) is 6.92 Å². The van der Waals surface area contributed by atoms with Crippen molar-refractivity contribution in [3.8, 4) is 0 Å². The maximum absolute atomic E-state index is 13.3. The number of anilines is 1. The zero-order chi connectivity index (χ0) is 20.4. The number of hydrogen-bond acceptors (Lipinski definition) is 6. The Morgan fingerprint density at radius 2 is 2.10 bits per heavy atom. The number of hydrogen-bond donors (Lipinski definition) is 0. The number of amides is 1. The number of fused-ring (bicyclic) bond motifs is 1. The molecule has 0 bridgehead atoms. The van der Waals surface area contributed by atoms with Gasteiger partial charge in [0.1, 0.15) is 5.69 Å². The SMILES string of the molecule is Cc1c(Cl)ccc2sc(N(CCCN3CCOCC3)C(=O)c3ccnn3C)nc12. The van der Waals surface area contributed by atoms with Crippen molar-refractivity contribution in [2.75, 3.05) is 44.3 Å². The van der Waals surface area contributed by atoms with Gasteiger partial charge in [0.05, 0.1) is 23.4 Å². The first-order valence-corrected chi connectivity index (χ1v) is 10.9. The van der Waals surface area contributed by atoms with Gasteiger partial charge in [0.2, 0.25) is 0 Å². The Balaban J connectivity index is 1.60. The smallest absolute Gasteiger partial charge is 0.278 e. The summed E-state index contributed by atoms with van der Waals surface area (Å²) in [7, 11) is 1.78. The Labute approximate surface area is 178 Å². The van der Waals surface area contributed by atoms with Gasteiger partial charge in [-0.15, -0.1) is 0 Å². The molecule has 3 heterocycles. The molecule has 9 heteroatoms. The van der Waals surface area contributed by atoms with Crippen molar-refractivity contribution in [1.82, 2.24) is 19.7 Å². The summed E-state index contributed by atoms with van der Waals surface area (Å²) in [5.41, 5.74) is 2.34. The van der Waals surface area contributed by atoms with Crippen LogP contribution in [0.3, 0.4) is 0 Å². The van der Waals surface area contributed by atoms with E-state index in [1.807, 2.05) is 19.1 Å². The fourth-order valence-corrected chi connectivity index (χ4v) is 4.69. The van der Waals surface area contributed by atoms with Crippen molar-refractivity contribution in [2.45, 2.75) is 13.3 Å². The van der Waals surface area contributed by atoms with Gasteiger partial charge in [-0.3, -0.25) is 19.3 Å². The van der Waals surface area contributed by atoms with Crippen LogP contribution in [0.5, 0.6) is 0 Å². The average Bonchev–Trinajstić information content (AvgIpc) is 3.35. The zero-order valence-corrected chi connectivity index (χ0v) is 18.2. The lowest BCUT2D eigenvalue weighted by Crippen LogP contribution is -2.39. The second-order valence-corrected chi connectivity index (χ2v) is 8.54. The molecule has 0 spiro atoms. The van der Waals surface area contributed by atoms with E-state index in [4.69, 9.17) is 21.3 Å². The second kappa shape index (κ2) is 8.79. The summed E-state index contributed by atoms with van der Waals surface area (Å²) in [5.74, 6) is -0.0882. The minimum atomic E-state index is -0.0882. The molecule has 1 amide bonds. The van der Waals surface area contributed by atoms with Gasteiger partial charge < -0.3 is 4.74 Å². The van der Waals surface area contributed by atoms with Crippen molar-refractivity contribution >= 4 is 44.2 Å². The van der Waals surface area contributed by atoms with Gasteiger partial charge in [0.15, 0.2) is 5.13 Å². The Morgan fingerprint density at radius 1 is 1.31 bits per heavy atom. The largest absolute Gasteiger partial charge is 0.379 e. The molecule has 1 fully saturated rings. The molecule has 4 rings (SSSR count). The van der Waals surface area contributed by atoms with Crippen LogP contribution in [0.4, 0.5) is 5.13 Å². The lowest BCUT2D eigenvalue weighted by molar-refractivity contribution is 0.0376. The first-order valence-electron chi connectivity index (χ1n) is 9.70. The topological polar surface area (TPSA) is 63.5 Å². The van der Waals surface area contributed by atoms with Crippen molar-refractivity contribution < 1.29 is 9.53 Å². The van der Waals surface area contributed by atoms with Gasteiger partial charge >= 0.3 is 0 Å². The zero-order valence-electron chi connectivity index (χ0n) is 16.6. The molecule has 0 saturated carbocycles. The first kappa shape index (κ1) is 20.3. The number of thiazole rings is 1. The molecule has 1 aromatic carbocycles. The quantitative estimate of drug-likeness (QED) is 0.596. The highest BCUT2D eigenvalue weighted by atomic mass is 35.5. The van der Waals surface area contributed by atoms with E-state index in [-0.39, 0.29) is 5.91 Å². The maximum Gasteiger partial charge on any atom is 0.278 e. The molecule has 1 saturated heterocycles. The molecule has 0 unspecified atom stereocenters. The second-order valence-electron chi connectivity index (χ2n) is 7.12. The maximum atomic E-state index is 13.3. The Bertz CT molecular complexity index is 1010. The number of carbonyl (C=O) groups excluding carboxylic acids is 1. The lowest BCUT2D eigenvalue weighted by atomic mass is 10.2. The van der Waals surface area contributed by atoms with Crippen molar-refractivity contribution in [1.29, 1.82) is 0 Å². The molecule has 7 nitrogen and oxygen atoms in total. The van der Waals surface area contributed by atoms with Crippen molar-refractivity contribution in [2.24, 2.45) is 7.05 Å². The highest BCUT2D eigenvalue weighted by molar-refractivity contribution is 7.22. The number of nitrogens with zero attached hydrogens (tertiary/aromatic N) is 5. The molecule has 154 valence electrons. The fraction of sp³-hybridized carbons (Fsp3) is 0.450. The molecule has 0 N–H and O–H groups in total. The molecule has 2 aromatic heterocycles. The van der Waals surface area contributed by atoms with Gasteiger partial charge in [-0.05, 0) is 37.1 Å². The molecule has 3 aromatic rings. The van der Waals surface area contributed by atoms with E-state index in [9.17, 15) is 4.79 Å². The van der Waals surface area contributed by atoms with Crippen molar-refractivity contribution in [3.05, 3.63) is 40.7 Å². The summed E-state index contributed by atoms with van der Waals surface area (Å²) in [6.07, 6.45) is 2.50. The number of aromatic nitrogens is 3. The summed E-state index contributed by atoms with van der Waals surface area (Å²) in [4.78, 5) is 22.2. The van der Waals surface area contributed by atoms with Crippen LogP contribution < -0.4 is 4.90 Å². The molecular formula is C20H24ClN5O2S. The molecule has 29 heavy (non-hydrogen) atoms. The van der Waals surface area contributed by atoms with E-state index in [0.717, 1.165) is 55.0 Å². The van der Waals surface area contributed by atoms with Crippen LogP contribution >= 0.6 is 22.9 Å². The third-order valence-electron chi connectivity index (χ3n) is 5.21. The monoisotopic (exact) mass is 433 g/mol. The van der Waals surface area contributed by atoms with Gasteiger partial charge in [0.25, 0.3) is 5.91 Å². The molecular weight excluding hydrogens is 410 g/mol. The van der Waals surface area contributed by atoms with E-state index in [0.29, 0.717) is 22.4 Å². The Kier molecular flexibility index (Phi) is 6.15. The fourth-order valence-electron chi connectivity index (χ4n) is 3.49. The van der Waals surface area contributed by atoms with E-state index in [1.165, 1.54) is 11.3 Å². The third-order valence-corrected chi connectivity index (χ3v) is 6.67. The minimum Gasteiger partial charge on any atom is -0.379 e. The average molecular weight is 434 g/mol. The van der Waals surface area contributed by atoms with Crippen molar-refractivity contribution in [3.63, 3.8) is 0 Å². The number of aryl methyl sites for hydroxylation is 2. The summed E-state index contributed by atoms with van der Waals surface area (Å²) in [5, 5.41) is 5.53. The van der Waals surface area contributed by atoms with Crippen LogP contribution in [0.1, 0.15) is 22.5 Å². The van der Waals surface area contributed by atoms with Crippen LogP contribution in [-0.4, -0.2) is 65.0 Å².